The van der Waals surface area contributed by atoms with Crippen LogP contribution in [0.1, 0.15) is 30.9 Å². The quantitative estimate of drug-likeness (QED) is 0.813. The van der Waals surface area contributed by atoms with Gasteiger partial charge in [-0.1, -0.05) is 19.4 Å². The van der Waals surface area contributed by atoms with Crippen molar-refractivity contribution in [2.45, 2.75) is 39.4 Å². The van der Waals surface area contributed by atoms with Gasteiger partial charge in [0.05, 0.1) is 6.61 Å². The molecule has 1 aromatic carbocycles. The fourth-order valence-electron chi connectivity index (χ4n) is 1.52. The number of alkyl halides is 2. The first-order valence-electron chi connectivity index (χ1n) is 5.34. The van der Waals surface area contributed by atoms with Crippen LogP contribution in [0, 0.1) is 0 Å². The number of halogens is 2. The second-order valence-electron chi connectivity index (χ2n) is 3.63. The van der Waals surface area contributed by atoms with Crippen LogP contribution in [-0.2, 0) is 13.0 Å². The Hall–Kier alpha value is -1.16. The van der Waals surface area contributed by atoms with E-state index in [0.29, 0.717) is 5.56 Å². The Balaban J connectivity index is 2.82. The van der Waals surface area contributed by atoms with Crippen LogP contribution in [0.3, 0.4) is 0 Å². The highest BCUT2D eigenvalue weighted by molar-refractivity contribution is 5.34. The van der Waals surface area contributed by atoms with Crippen molar-refractivity contribution in [3.8, 4) is 5.75 Å². The lowest BCUT2D eigenvalue weighted by molar-refractivity contribution is -0.0499. The average Bonchev–Trinajstić information content (AvgIpc) is 2.25. The van der Waals surface area contributed by atoms with Crippen molar-refractivity contribution in [1.29, 1.82) is 0 Å². The third kappa shape index (κ3) is 4.14. The molecule has 0 aromatic heterocycles. The summed E-state index contributed by atoms with van der Waals surface area (Å²) < 4.78 is 28.4. The Labute approximate surface area is 93.9 Å². The number of hydrogen-bond acceptors (Lipinski definition) is 2. The molecule has 1 aromatic rings. The number of unbranched alkanes of at least 4 members (excludes halogenated alkanes) is 1. The number of aliphatic hydroxyl groups is 1. The molecule has 0 aliphatic carbocycles. The first kappa shape index (κ1) is 12.9. The van der Waals surface area contributed by atoms with Crippen LogP contribution in [0.4, 0.5) is 8.78 Å². The SMILES string of the molecule is CCCCc1cc(CO)cc(OC(F)F)c1. The first-order chi connectivity index (χ1) is 7.65. The number of aliphatic hydroxyl groups excluding tert-OH is 1. The van der Waals surface area contributed by atoms with E-state index in [1.54, 1.807) is 6.07 Å². The van der Waals surface area contributed by atoms with Gasteiger partial charge in [-0.3, -0.25) is 0 Å². The second-order valence-corrected chi connectivity index (χ2v) is 3.63. The second kappa shape index (κ2) is 6.43. The molecular formula is C12H16F2O2. The molecule has 1 N–H and O–H groups in total. The molecular weight excluding hydrogens is 214 g/mol. The highest BCUT2D eigenvalue weighted by Crippen LogP contribution is 2.20. The van der Waals surface area contributed by atoms with Gasteiger partial charge in [0.1, 0.15) is 5.75 Å². The van der Waals surface area contributed by atoms with Crippen molar-refractivity contribution >= 4 is 0 Å². The molecule has 0 atom stereocenters. The number of benzene rings is 1. The van der Waals surface area contributed by atoms with E-state index < -0.39 is 6.61 Å². The van der Waals surface area contributed by atoms with Gasteiger partial charge in [0.2, 0.25) is 0 Å². The minimum absolute atomic E-state index is 0.118. The van der Waals surface area contributed by atoms with E-state index in [2.05, 4.69) is 11.7 Å². The summed E-state index contributed by atoms with van der Waals surface area (Å²) in [7, 11) is 0. The monoisotopic (exact) mass is 230 g/mol. The summed E-state index contributed by atoms with van der Waals surface area (Å²) in [6.45, 7) is -0.931. The largest absolute Gasteiger partial charge is 0.435 e. The molecule has 2 nitrogen and oxygen atoms in total. The van der Waals surface area contributed by atoms with Crippen LogP contribution >= 0.6 is 0 Å². The zero-order valence-corrected chi connectivity index (χ0v) is 9.25. The molecule has 0 heterocycles. The van der Waals surface area contributed by atoms with E-state index in [1.807, 2.05) is 6.07 Å². The lowest BCUT2D eigenvalue weighted by atomic mass is 10.1. The Bertz CT molecular complexity index is 327. The predicted molar refractivity (Wildman–Crippen MR) is 57.6 cm³/mol. The van der Waals surface area contributed by atoms with Gasteiger partial charge in [0.25, 0.3) is 0 Å². The molecule has 0 spiro atoms. The highest BCUT2D eigenvalue weighted by atomic mass is 19.3. The topological polar surface area (TPSA) is 29.5 Å². The molecule has 0 radical (unpaired) electrons. The molecule has 0 aliphatic heterocycles. The van der Waals surface area contributed by atoms with Gasteiger partial charge in [0, 0.05) is 0 Å². The van der Waals surface area contributed by atoms with Gasteiger partial charge in [-0.15, -0.1) is 0 Å². The predicted octanol–water partition coefficient (Wildman–Crippen LogP) is 3.12. The lowest BCUT2D eigenvalue weighted by Crippen LogP contribution is -2.03. The van der Waals surface area contributed by atoms with Crippen LogP contribution in [0.2, 0.25) is 0 Å². The number of hydrogen-bond donors (Lipinski definition) is 1. The van der Waals surface area contributed by atoms with E-state index >= 15 is 0 Å². The first-order valence-corrected chi connectivity index (χ1v) is 5.34. The van der Waals surface area contributed by atoms with Crippen LogP contribution in [-0.4, -0.2) is 11.7 Å². The molecule has 0 bridgehead atoms. The van der Waals surface area contributed by atoms with Gasteiger partial charge in [-0.2, -0.15) is 8.78 Å². The fourth-order valence-corrected chi connectivity index (χ4v) is 1.52. The summed E-state index contributed by atoms with van der Waals surface area (Å²) in [6.07, 6.45) is 2.83. The molecule has 0 saturated heterocycles. The van der Waals surface area contributed by atoms with Crippen molar-refractivity contribution in [2.75, 3.05) is 0 Å². The standard InChI is InChI=1S/C12H16F2O2/c1-2-3-4-9-5-10(8-15)7-11(6-9)16-12(13)14/h5-7,12,15H,2-4,8H2,1H3. The molecule has 1 rings (SSSR count). The summed E-state index contributed by atoms with van der Waals surface area (Å²) in [4.78, 5) is 0. The Kier molecular flexibility index (Phi) is 5.19. The maximum Gasteiger partial charge on any atom is 0.387 e. The number of rotatable bonds is 6. The zero-order valence-electron chi connectivity index (χ0n) is 9.25. The van der Waals surface area contributed by atoms with E-state index in [4.69, 9.17) is 5.11 Å². The average molecular weight is 230 g/mol. The third-order valence-corrected chi connectivity index (χ3v) is 2.25. The van der Waals surface area contributed by atoms with Gasteiger partial charge < -0.3 is 9.84 Å². The van der Waals surface area contributed by atoms with Gasteiger partial charge in [-0.25, -0.2) is 0 Å². The minimum Gasteiger partial charge on any atom is -0.435 e. The molecule has 0 unspecified atom stereocenters. The van der Waals surface area contributed by atoms with E-state index in [9.17, 15) is 8.78 Å². The van der Waals surface area contributed by atoms with Crippen LogP contribution in [0.25, 0.3) is 0 Å². The number of aryl methyl sites for hydroxylation is 1. The molecule has 0 aliphatic rings. The summed E-state index contributed by atoms with van der Waals surface area (Å²) in [5.41, 5.74) is 1.52. The highest BCUT2D eigenvalue weighted by Gasteiger charge is 2.07. The Morgan fingerprint density at radius 2 is 1.94 bits per heavy atom. The molecule has 90 valence electrons. The van der Waals surface area contributed by atoms with Gasteiger partial charge >= 0.3 is 6.61 Å². The van der Waals surface area contributed by atoms with Crippen LogP contribution in [0.15, 0.2) is 18.2 Å². The summed E-state index contributed by atoms with van der Waals surface area (Å²) in [6, 6.07) is 4.84. The lowest BCUT2D eigenvalue weighted by Gasteiger charge is -2.09. The number of ether oxygens (including phenoxy) is 1. The summed E-state index contributed by atoms with van der Waals surface area (Å²) in [5.74, 6) is 0.118. The third-order valence-electron chi connectivity index (χ3n) is 2.25. The van der Waals surface area contributed by atoms with Crippen molar-refractivity contribution < 1.29 is 18.6 Å². The van der Waals surface area contributed by atoms with Gasteiger partial charge in [0.15, 0.2) is 0 Å². The zero-order chi connectivity index (χ0) is 12.0. The summed E-state index contributed by atoms with van der Waals surface area (Å²) in [5, 5.41) is 9.00. The van der Waals surface area contributed by atoms with Crippen molar-refractivity contribution in [2.24, 2.45) is 0 Å². The Morgan fingerprint density at radius 3 is 2.50 bits per heavy atom. The van der Waals surface area contributed by atoms with E-state index in [1.165, 1.54) is 6.07 Å². The molecule has 0 saturated carbocycles. The van der Waals surface area contributed by atoms with Crippen molar-refractivity contribution in [1.82, 2.24) is 0 Å². The molecule has 4 heteroatoms. The van der Waals surface area contributed by atoms with Crippen LogP contribution < -0.4 is 4.74 Å². The van der Waals surface area contributed by atoms with Gasteiger partial charge in [-0.05, 0) is 36.1 Å². The maximum atomic E-state index is 12.1. The van der Waals surface area contributed by atoms with Crippen molar-refractivity contribution in [3.05, 3.63) is 29.3 Å². The smallest absolute Gasteiger partial charge is 0.387 e. The van der Waals surface area contributed by atoms with E-state index in [0.717, 1.165) is 24.8 Å². The normalized spacial score (nSPS) is 10.8. The van der Waals surface area contributed by atoms with Crippen LogP contribution in [0.5, 0.6) is 5.75 Å². The summed E-state index contributed by atoms with van der Waals surface area (Å²) >= 11 is 0. The fraction of sp³-hybridized carbons (Fsp3) is 0.500. The maximum absolute atomic E-state index is 12.1. The minimum atomic E-state index is -2.83. The molecule has 16 heavy (non-hydrogen) atoms. The Morgan fingerprint density at radius 1 is 1.25 bits per heavy atom. The van der Waals surface area contributed by atoms with Crippen molar-refractivity contribution in [3.63, 3.8) is 0 Å². The molecule has 0 amide bonds. The molecule has 0 fully saturated rings. The van der Waals surface area contributed by atoms with E-state index in [-0.39, 0.29) is 12.4 Å².